The van der Waals surface area contributed by atoms with Crippen molar-refractivity contribution >= 4 is 40.1 Å². The molecule has 0 amide bonds. The van der Waals surface area contributed by atoms with Crippen LogP contribution < -0.4 is 61.9 Å². The smallest absolute Gasteiger partial charge is 0.508 e. The molecular weight excluding hydrogens is 497 g/mol. The molecule has 0 aliphatic heterocycles. The van der Waals surface area contributed by atoms with Gasteiger partial charge in [0.05, 0.1) is 17.7 Å². The van der Waals surface area contributed by atoms with Gasteiger partial charge in [-0.05, 0) is 48.9 Å². The van der Waals surface area contributed by atoms with Gasteiger partial charge in [0, 0.05) is 49.0 Å². The van der Waals surface area contributed by atoms with E-state index < -0.39 is 5.63 Å². The van der Waals surface area contributed by atoms with E-state index in [1.165, 1.54) is 12.1 Å². The van der Waals surface area contributed by atoms with Crippen LogP contribution in [0.25, 0.3) is 11.0 Å². The largest absolute Gasteiger partial charge is 1.00 e. The van der Waals surface area contributed by atoms with Crippen molar-refractivity contribution in [1.82, 2.24) is 0 Å². The van der Waals surface area contributed by atoms with Gasteiger partial charge in [0.2, 0.25) is 0 Å². The quantitative estimate of drug-likeness (QED) is 0.180. The van der Waals surface area contributed by atoms with Gasteiger partial charge in [-0.3, -0.25) is 0 Å². The summed E-state index contributed by atoms with van der Waals surface area (Å²) in [5.74, 6) is -0.306. The molecule has 0 spiro atoms. The van der Waals surface area contributed by atoms with Crippen molar-refractivity contribution in [1.29, 1.82) is 0 Å². The fourth-order valence-corrected chi connectivity index (χ4v) is 3.31. The minimum Gasteiger partial charge on any atom is -0.508 e. The second-order valence-corrected chi connectivity index (χ2v) is 8.15. The molecule has 0 saturated heterocycles. The van der Waals surface area contributed by atoms with Crippen LogP contribution in [0.1, 0.15) is 16.7 Å². The minimum absolute atomic E-state index is 0. The third-order valence-corrected chi connectivity index (χ3v) is 5.28. The van der Waals surface area contributed by atoms with Gasteiger partial charge in [-0.1, -0.05) is 12.1 Å². The second-order valence-electron chi connectivity index (χ2n) is 8.15. The molecule has 1 heterocycles. The Bertz CT molecular complexity index is 1460. The number of anilines is 1. The Labute approximate surface area is 257 Å². The third kappa shape index (κ3) is 8.48. The van der Waals surface area contributed by atoms with Crippen molar-refractivity contribution in [3.8, 4) is 5.75 Å². The van der Waals surface area contributed by atoms with E-state index in [9.17, 15) is 19.5 Å². The number of hydrogen-bond acceptors (Lipinski definition) is 8. The fraction of sp³-hybridized carbons (Fsp3) is 0.143. The van der Waals surface area contributed by atoms with Crippen molar-refractivity contribution in [3.05, 3.63) is 101 Å². The number of phenols is 1. The number of hydrogen-bond donors (Lipinski definition) is 1. The number of fused-ring (bicyclic) bond motifs is 1. The van der Waals surface area contributed by atoms with Crippen LogP contribution in [0.3, 0.4) is 0 Å². The summed E-state index contributed by atoms with van der Waals surface area (Å²) in [5, 5.41) is 18.3. The van der Waals surface area contributed by atoms with E-state index in [1.807, 2.05) is 49.5 Å². The molecule has 1 N–H and O–H groups in total. The number of aryl methyl sites for hydroxylation is 1. The van der Waals surface area contributed by atoms with E-state index in [1.54, 1.807) is 37.3 Å². The molecule has 3 aromatic carbocycles. The van der Waals surface area contributed by atoms with Crippen LogP contribution in [0, 0.1) is 13.8 Å². The summed E-state index contributed by atoms with van der Waals surface area (Å²) in [5.41, 5.74) is 3.88. The van der Waals surface area contributed by atoms with Gasteiger partial charge in [0.1, 0.15) is 11.3 Å². The molecule has 0 atom stereocenters. The first-order valence-electron chi connectivity index (χ1n) is 11.0. The summed E-state index contributed by atoms with van der Waals surface area (Å²) in [4.78, 5) is 35.1. The Hall–Kier alpha value is -3.08. The number of aromatic hydroxyl groups is 1. The third-order valence-electron chi connectivity index (χ3n) is 5.28. The molecule has 0 saturated carbocycles. The van der Waals surface area contributed by atoms with E-state index in [-0.39, 0.29) is 69.3 Å². The summed E-state index contributed by atoms with van der Waals surface area (Å²) >= 11 is 0. The molecule has 37 heavy (non-hydrogen) atoms. The predicted octanol–water partition coefficient (Wildman–Crippen LogP) is 2.38. The van der Waals surface area contributed by atoms with E-state index in [0.29, 0.717) is 33.3 Å². The summed E-state index contributed by atoms with van der Waals surface area (Å²) in [6.45, 7) is 5.00. The van der Waals surface area contributed by atoms with Crippen LogP contribution in [-0.4, -0.2) is 31.3 Å². The number of rotatable bonds is 6. The van der Waals surface area contributed by atoms with Crippen molar-refractivity contribution in [2.75, 3.05) is 19.0 Å². The average Bonchev–Trinajstić information content (AvgIpc) is 2.86. The zero-order valence-electron chi connectivity index (χ0n) is 21.2. The van der Waals surface area contributed by atoms with Crippen LogP contribution in [0.15, 0.2) is 86.2 Å². The average molecular weight is 523 g/mol. The van der Waals surface area contributed by atoms with Crippen LogP contribution in [0.4, 0.5) is 17.1 Å². The number of Topliss-reactive ketones (excluding diaryl/α,β-unsaturated/α-hetero) is 1. The number of carbonyl (C=O) groups is 1. The van der Waals surface area contributed by atoms with Crippen LogP contribution in [0.2, 0.25) is 0 Å². The molecule has 4 aromatic rings. The first-order valence-corrected chi connectivity index (χ1v) is 11.0. The zero-order chi connectivity index (χ0) is 26.2. The molecule has 0 radical (unpaired) electrons. The van der Waals surface area contributed by atoms with Crippen molar-refractivity contribution in [3.63, 3.8) is 0 Å². The van der Waals surface area contributed by atoms with Crippen molar-refractivity contribution < 1.29 is 70.5 Å². The van der Waals surface area contributed by atoms with Crippen molar-refractivity contribution in [2.24, 2.45) is 10.2 Å². The topological polar surface area (TPSA) is 113 Å². The van der Waals surface area contributed by atoms with Crippen LogP contribution in [0.5, 0.6) is 5.75 Å². The van der Waals surface area contributed by atoms with Gasteiger partial charge < -0.3 is 30.9 Å². The molecule has 0 bridgehead atoms. The van der Waals surface area contributed by atoms with E-state index in [2.05, 4.69) is 17.2 Å². The molecule has 184 valence electrons. The molecule has 8 nitrogen and oxygen atoms in total. The van der Waals surface area contributed by atoms with Gasteiger partial charge in [0.25, 0.3) is 0 Å². The number of phenolic OH excluding ortho intramolecular Hbond substituents is 1. The zero-order valence-corrected chi connectivity index (χ0v) is 24.3. The predicted molar refractivity (Wildman–Crippen MR) is 139 cm³/mol. The first kappa shape index (κ1) is 30.1. The van der Waals surface area contributed by atoms with Gasteiger partial charge in [-0.15, -0.1) is 0 Å². The van der Waals surface area contributed by atoms with E-state index in [0.717, 1.165) is 11.4 Å². The van der Waals surface area contributed by atoms with Gasteiger partial charge in [0.15, 0.2) is 0 Å². The van der Waals surface area contributed by atoms with E-state index >= 15 is 0 Å². The Morgan fingerprint density at radius 3 is 2.08 bits per heavy atom. The monoisotopic (exact) mass is 522 g/mol. The summed E-state index contributed by atoms with van der Waals surface area (Å²) in [7, 11) is 3.98. The number of benzene rings is 3. The Balaban J connectivity index is 0.000000255. The maximum atomic E-state index is 11.7. The maximum Gasteiger partial charge on any atom is 1.00 e. The molecule has 0 aliphatic carbocycles. The number of ketones is 1. The molecule has 0 aliphatic rings. The Morgan fingerprint density at radius 1 is 1.00 bits per heavy atom. The molecule has 0 fully saturated rings. The van der Waals surface area contributed by atoms with Crippen LogP contribution >= 0.6 is 0 Å². The minimum atomic E-state index is -0.558. The fourth-order valence-electron chi connectivity index (χ4n) is 3.31. The normalized spacial score (nSPS) is 10.4. The van der Waals surface area contributed by atoms with Gasteiger partial charge in [-0.25, -0.2) is 4.79 Å². The molecular formula is C28H25KN3O5-. The molecule has 4 rings (SSSR count). The van der Waals surface area contributed by atoms with Crippen LogP contribution in [-0.2, 0) is 16.0 Å². The molecule has 0 unspecified atom stereocenters. The standard InChI is InChI=1S/C15H14N3O.C13H11O4.K/c1-18(2)15-9-7-14(8-10-15)17-16-13-5-3-12(11-19)4-6-13;1-7(14)5-11-8(2)10-4-3-9(15)6-12(10)17-13(11)16;/h3-10H,1-2H3;3-4,6,15H,1,5H2,2H3;/q2*-1;+1. The Morgan fingerprint density at radius 2 is 1.57 bits per heavy atom. The number of nitrogens with zero attached hydrogens (tertiary/aromatic N) is 3. The first-order chi connectivity index (χ1) is 17.2. The SMILES string of the molecule is CN(C)c1ccc(N=Nc2ccc([C-]=O)cc2)cc1.[CH2-]C(=O)Cc1c(C)c2ccc(O)cc2oc1=O.[K+]. The number of azo groups is 1. The van der Waals surface area contributed by atoms with Gasteiger partial charge >= 0.3 is 57.0 Å². The number of carbonyl (C=O) groups excluding carboxylic acids is 2. The molecule has 9 heteroatoms. The second kappa shape index (κ2) is 14.0. The van der Waals surface area contributed by atoms with E-state index in [4.69, 9.17) is 4.42 Å². The molecule has 1 aromatic heterocycles. The summed E-state index contributed by atoms with van der Waals surface area (Å²) in [6.07, 6.45) is 1.78. The van der Waals surface area contributed by atoms with Crippen molar-refractivity contribution in [2.45, 2.75) is 13.3 Å². The summed E-state index contributed by atoms with van der Waals surface area (Å²) in [6, 6.07) is 19.1. The Kier molecular flexibility index (Phi) is 11.4. The van der Waals surface area contributed by atoms with Gasteiger partial charge in [-0.2, -0.15) is 27.9 Å². The maximum absolute atomic E-state index is 11.7. The summed E-state index contributed by atoms with van der Waals surface area (Å²) < 4.78 is 5.06.